The maximum Gasteiger partial charge on any atom is 0.240 e. The van der Waals surface area contributed by atoms with Crippen LogP contribution in [0.4, 0.5) is 0 Å². The molecule has 0 amide bonds. The minimum absolute atomic E-state index is 0.261. The predicted molar refractivity (Wildman–Crippen MR) is 87.6 cm³/mol. The molecule has 0 aromatic heterocycles. The van der Waals surface area contributed by atoms with Crippen LogP contribution in [0.1, 0.15) is 23.6 Å². The Balaban J connectivity index is 2.17. The van der Waals surface area contributed by atoms with Gasteiger partial charge in [-0.3, -0.25) is 0 Å². The Hall–Kier alpha value is -1.85. The monoisotopic (exact) mass is 319 g/mol. The van der Waals surface area contributed by atoms with E-state index in [0.29, 0.717) is 12.2 Å². The van der Waals surface area contributed by atoms with Crippen molar-refractivity contribution < 1.29 is 13.2 Å². The number of aryl methyl sites for hydroxylation is 2. The van der Waals surface area contributed by atoms with E-state index in [-0.39, 0.29) is 11.4 Å². The van der Waals surface area contributed by atoms with E-state index in [1.807, 2.05) is 38.1 Å². The molecule has 22 heavy (non-hydrogen) atoms. The average Bonchev–Trinajstić information content (AvgIpc) is 2.53. The van der Waals surface area contributed by atoms with Crippen LogP contribution in [-0.4, -0.2) is 15.5 Å². The van der Waals surface area contributed by atoms with Crippen molar-refractivity contribution in [3.8, 4) is 5.75 Å². The minimum atomic E-state index is -3.53. The van der Waals surface area contributed by atoms with Gasteiger partial charge in [0.1, 0.15) is 5.75 Å². The standard InChI is InChI=1S/C17H21NO3S/c1-4-15-11-16(9-10-17(15)21-3)22(19,20)18-12-14-7-5-13(2)6-8-14/h5-11,18H,4,12H2,1-3H3. The van der Waals surface area contributed by atoms with Crippen LogP contribution in [0.15, 0.2) is 47.4 Å². The Morgan fingerprint density at radius 3 is 2.36 bits per heavy atom. The Morgan fingerprint density at radius 2 is 1.77 bits per heavy atom. The number of nitrogens with one attached hydrogen (secondary N) is 1. The fourth-order valence-corrected chi connectivity index (χ4v) is 3.23. The van der Waals surface area contributed by atoms with E-state index in [9.17, 15) is 8.42 Å². The Labute approximate surface area is 132 Å². The molecule has 2 aromatic carbocycles. The van der Waals surface area contributed by atoms with Crippen LogP contribution in [0.5, 0.6) is 5.75 Å². The van der Waals surface area contributed by atoms with Crippen LogP contribution < -0.4 is 9.46 Å². The summed E-state index contributed by atoms with van der Waals surface area (Å²) in [4.78, 5) is 0.261. The molecule has 0 bridgehead atoms. The topological polar surface area (TPSA) is 55.4 Å². The summed E-state index contributed by atoms with van der Waals surface area (Å²) in [7, 11) is -1.95. The zero-order valence-electron chi connectivity index (χ0n) is 13.1. The van der Waals surface area contributed by atoms with Gasteiger partial charge in [0.05, 0.1) is 12.0 Å². The maximum atomic E-state index is 12.4. The van der Waals surface area contributed by atoms with Crippen LogP contribution in [0, 0.1) is 6.92 Å². The molecule has 0 saturated carbocycles. The smallest absolute Gasteiger partial charge is 0.240 e. The maximum absolute atomic E-state index is 12.4. The second-order valence-electron chi connectivity index (χ2n) is 5.14. The van der Waals surface area contributed by atoms with E-state index in [0.717, 1.165) is 16.7 Å². The quantitative estimate of drug-likeness (QED) is 0.890. The highest BCUT2D eigenvalue weighted by Gasteiger charge is 2.15. The lowest BCUT2D eigenvalue weighted by molar-refractivity contribution is 0.409. The molecule has 0 unspecified atom stereocenters. The van der Waals surface area contributed by atoms with Crippen LogP contribution in [-0.2, 0) is 23.0 Å². The first-order chi connectivity index (χ1) is 10.5. The Bertz CT molecular complexity index is 737. The van der Waals surface area contributed by atoms with Crippen LogP contribution >= 0.6 is 0 Å². The molecule has 0 aliphatic heterocycles. The summed E-state index contributed by atoms with van der Waals surface area (Å²) in [5.74, 6) is 0.708. The van der Waals surface area contributed by atoms with Gasteiger partial charge in [0.25, 0.3) is 0 Å². The number of hydrogen-bond acceptors (Lipinski definition) is 3. The van der Waals surface area contributed by atoms with Gasteiger partial charge in [-0.25, -0.2) is 13.1 Å². The highest BCUT2D eigenvalue weighted by molar-refractivity contribution is 7.89. The highest BCUT2D eigenvalue weighted by Crippen LogP contribution is 2.23. The third kappa shape index (κ3) is 3.87. The minimum Gasteiger partial charge on any atom is -0.496 e. The number of benzene rings is 2. The van der Waals surface area contributed by atoms with E-state index in [2.05, 4.69) is 4.72 Å². The Kier molecular flexibility index (Phi) is 5.21. The van der Waals surface area contributed by atoms with E-state index >= 15 is 0 Å². The molecule has 1 N–H and O–H groups in total. The van der Waals surface area contributed by atoms with Gasteiger partial charge < -0.3 is 4.74 Å². The van der Waals surface area contributed by atoms with Crippen molar-refractivity contribution in [3.63, 3.8) is 0 Å². The van der Waals surface area contributed by atoms with E-state index in [4.69, 9.17) is 4.74 Å². The van der Waals surface area contributed by atoms with Crippen molar-refractivity contribution in [2.45, 2.75) is 31.7 Å². The lowest BCUT2D eigenvalue weighted by Crippen LogP contribution is -2.23. The fourth-order valence-electron chi connectivity index (χ4n) is 2.17. The van der Waals surface area contributed by atoms with Crippen LogP contribution in [0.3, 0.4) is 0 Å². The molecule has 5 heteroatoms. The molecule has 0 aliphatic rings. The molecule has 2 rings (SSSR count). The summed E-state index contributed by atoms with van der Waals surface area (Å²) >= 11 is 0. The number of methoxy groups -OCH3 is 1. The van der Waals surface area contributed by atoms with Gasteiger partial charge in [-0.1, -0.05) is 36.8 Å². The molecule has 0 fully saturated rings. The van der Waals surface area contributed by atoms with Gasteiger partial charge in [-0.15, -0.1) is 0 Å². The van der Waals surface area contributed by atoms with Crippen molar-refractivity contribution in [2.24, 2.45) is 0 Å². The molecular formula is C17H21NO3S. The van der Waals surface area contributed by atoms with Crippen LogP contribution in [0.25, 0.3) is 0 Å². The number of rotatable bonds is 6. The van der Waals surface area contributed by atoms with Gasteiger partial charge in [-0.2, -0.15) is 0 Å². The second kappa shape index (κ2) is 6.94. The van der Waals surface area contributed by atoms with E-state index in [1.165, 1.54) is 0 Å². The van der Waals surface area contributed by atoms with Gasteiger partial charge in [-0.05, 0) is 42.7 Å². The Morgan fingerprint density at radius 1 is 1.09 bits per heavy atom. The van der Waals surface area contributed by atoms with Gasteiger partial charge >= 0.3 is 0 Å². The number of hydrogen-bond donors (Lipinski definition) is 1. The molecule has 0 aliphatic carbocycles. The van der Waals surface area contributed by atoms with Crippen molar-refractivity contribution in [2.75, 3.05) is 7.11 Å². The van der Waals surface area contributed by atoms with E-state index in [1.54, 1.807) is 25.3 Å². The molecule has 2 aromatic rings. The summed E-state index contributed by atoms with van der Waals surface area (Å²) in [6.45, 7) is 4.24. The van der Waals surface area contributed by atoms with Crippen molar-refractivity contribution >= 4 is 10.0 Å². The van der Waals surface area contributed by atoms with Gasteiger partial charge in [0.2, 0.25) is 10.0 Å². The van der Waals surface area contributed by atoms with Crippen molar-refractivity contribution in [1.82, 2.24) is 4.72 Å². The SMILES string of the molecule is CCc1cc(S(=O)(=O)NCc2ccc(C)cc2)ccc1OC. The van der Waals surface area contributed by atoms with Crippen molar-refractivity contribution in [1.29, 1.82) is 0 Å². The molecule has 0 spiro atoms. The first-order valence-corrected chi connectivity index (χ1v) is 8.66. The highest BCUT2D eigenvalue weighted by atomic mass is 32.2. The second-order valence-corrected chi connectivity index (χ2v) is 6.90. The van der Waals surface area contributed by atoms with E-state index < -0.39 is 10.0 Å². The fraction of sp³-hybridized carbons (Fsp3) is 0.294. The lowest BCUT2D eigenvalue weighted by atomic mass is 10.1. The third-order valence-corrected chi connectivity index (χ3v) is 4.93. The molecule has 0 radical (unpaired) electrons. The average molecular weight is 319 g/mol. The summed E-state index contributed by atoms with van der Waals surface area (Å²) in [6.07, 6.45) is 0.713. The first-order valence-electron chi connectivity index (χ1n) is 7.18. The van der Waals surface area contributed by atoms with Crippen molar-refractivity contribution in [3.05, 3.63) is 59.2 Å². The third-order valence-electron chi connectivity index (χ3n) is 3.53. The normalized spacial score (nSPS) is 11.4. The zero-order valence-corrected chi connectivity index (χ0v) is 13.9. The largest absolute Gasteiger partial charge is 0.496 e. The summed E-state index contributed by atoms with van der Waals surface area (Å²) in [5, 5.41) is 0. The molecule has 0 atom stereocenters. The lowest BCUT2D eigenvalue weighted by Gasteiger charge is -2.11. The van der Waals surface area contributed by atoms with Gasteiger partial charge in [0.15, 0.2) is 0 Å². The summed E-state index contributed by atoms with van der Waals surface area (Å²) in [6, 6.07) is 12.7. The first kappa shape index (κ1) is 16.5. The predicted octanol–water partition coefficient (Wildman–Crippen LogP) is 3.04. The number of sulfonamides is 1. The molecule has 0 saturated heterocycles. The zero-order chi connectivity index (χ0) is 16.2. The number of ether oxygens (including phenoxy) is 1. The molecule has 4 nitrogen and oxygen atoms in total. The summed E-state index contributed by atoms with van der Waals surface area (Å²) in [5.41, 5.74) is 2.95. The molecule has 118 valence electrons. The summed E-state index contributed by atoms with van der Waals surface area (Å²) < 4.78 is 32.6. The van der Waals surface area contributed by atoms with Crippen LogP contribution in [0.2, 0.25) is 0 Å². The molecular weight excluding hydrogens is 298 g/mol. The molecule has 0 heterocycles. The van der Waals surface area contributed by atoms with Gasteiger partial charge in [0, 0.05) is 6.54 Å².